The fourth-order valence-corrected chi connectivity index (χ4v) is 2.88. The van der Waals surface area contributed by atoms with Crippen molar-refractivity contribution in [3.63, 3.8) is 0 Å². The van der Waals surface area contributed by atoms with Crippen LogP contribution in [0, 0.1) is 12.8 Å². The van der Waals surface area contributed by atoms with Gasteiger partial charge in [0.05, 0.1) is 0 Å². The summed E-state index contributed by atoms with van der Waals surface area (Å²) < 4.78 is 0.983. The average molecular weight is 362 g/mol. The second-order valence-electron chi connectivity index (χ2n) is 5.17. The molecule has 20 heavy (non-hydrogen) atoms. The Morgan fingerprint density at radius 3 is 3.00 bits per heavy atom. The van der Waals surface area contributed by atoms with Crippen LogP contribution in [-0.2, 0) is 0 Å². The summed E-state index contributed by atoms with van der Waals surface area (Å²) in [6, 6.07) is 5.73. The maximum absolute atomic E-state index is 12.1. The van der Waals surface area contributed by atoms with Crippen LogP contribution in [0.1, 0.15) is 35.2 Å². The van der Waals surface area contributed by atoms with Crippen LogP contribution in [0.2, 0.25) is 0 Å². The molecular formula is C15H22BrClN2O. The van der Waals surface area contributed by atoms with Gasteiger partial charge in [0, 0.05) is 16.6 Å². The summed E-state index contributed by atoms with van der Waals surface area (Å²) in [5, 5.41) is 6.43. The van der Waals surface area contributed by atoms with Crippen molar-refractivity contribution in [3.8, 4) is 0 Å². The summed E-state index contributed by atoms with van der Waals surface area (Å²) in [5.41, 5.74) is 1.76. The lowest BCUT2D eigenvalue weighted by molar-refractivity contribution is 0.0950. The van der Waals surface area contributed by atoms with Crippen LogP contribution in [-0.4, -0.2) is 25.5 Å². The van der Waals surface area contributed by atoms with Crippen LogP contribution < -0.4 is 10.6 Å². The van der Waals surface area contributed by atoms with Crippen molar-refractivity contribution < 1.29 is 4.79 Å². The zero-order chi connectivity index (χ0) is 13.7. The van der Waals surface area contributed by atoms with E-state index >= 15 is 0 Å². The zero-order valence-electron chi connectivity index (χ0n) is 11.7. The summed E-state index contributed by atoms with van der Waals surface area (Å²) in [6.45, 7) is 4.95. The summed E-state index contributed by atoms with van der Waals surface area (Å²) in [4.78, 5) is 12.1. The minimum Gasteiger partial charge on any atom is -0.352 e. The van der Waals surface area contributed by atoms with E-state index < -0.39 is 0 Å². The molecule has 1 saturated heterocycles. The van der Waals surface area contributed by atoms with Crippen LogP contribution in [0.4, 0.5) is 0 Å². The molecule has 0 radical (unpaired) electrons. The molecule has 1 unspecified atom stereocenters. The number of rotatable bonds is 4. The summed E-state index contributed by atoms with van der Waals surface area (Å²) in [7, 11) is 0. The van der Waals surface area contributed by atoms with E-state index in [9.17, 15) is 4.79 Å². The number of benzene rings is 1. The lowest BCUT2D eigenvalue weighted by Gasteiger charge is -2.22. The number of carbonyl (C=O) groups is 1. The van der Waals surface area contributed by atoms with Gasteiger partial charge in [-0.15, -0.1) is 12.4 Å². The van der Waals surface area contributed by atoms with E-state index in [1.807, 2.05) is 25.1 Å². The molecule has 2 N–H and O–H groups in total. The first-order chi connectivity index (χ1) is 9.18. The van der Waals surface area contributed by atoms with Gasteiger partial charge in [0.1, 0.15) is 0 Å². The number of nitrogens with one attached hydrogen (secondary N) is 2. The van der Waals surface area contributed by atoms with Crippen molar-refractivity contribution in [2.75, 3.05) is 19.6 Å². The quantitative estimate of drug-likeness (QED) is 0.864. The maximum Gasteiger partial charge on any atom is 0.251 e. The third-order valence-corrected chi connectivity index (χ3v) is 4.61. The highest BCUT2D eigenvalue weighted by atomic mass is 79.9. The highest BCUT2D eigenvalue weighted by Crippen LogP contribution is 2.19. The number of hydrogen-bond acceptors (Lipinski definition) is 2. The van der Waals surface area contributed by atoms with Crippen molar-refractivity contribution in [1.82, 2.24) is 10.6 Å². The number of carbonyl (C=O) groups excluding carboxylic acids is 1. The molecule has 0 aromatic heterocycles. The first-order valence-electron chi connectivity index (χ1n) is 6.92. The molecule has 1 aliphatic heterocycles. The van der Waals surface area contributed by atoms with E-state index in [1.54, 1.807) is 0 Å². The van der Waals surface area contributed by atoms with Gasteiger partial charge in [0.25, 0.3) is 5.91 Å². The number of piperidine rings is 1. The van der Waals surface area contributed by atoms with Crippen LogP contribution in [0.15, 0.2) is 22.7 Å². The molecular weight excluding hydrogens is 340 g/mol. The molecule has 0 saturated carbocycles. The molecule has 1 heterocycles. The molecule has 2 rings (SSSR count). The fraction of sp³-hybridized carbons (Fsp3) is 0.533. The van der Waals surface area contributed by atoms with Gasteiger partial charge in [-0.3, -0.25) is 4.79 Å². The van der Waals surface area contributed by atoms with E-state index in [-0.39, 0.29) is 18.3 Å². The molecule has 0 spiro atoms. The monoisotopic (exact) mass is 360 g/mol. The molecule has 3 nitrogen and oxygen atoms in total. The Morgan fingerprint density at radius 1 is 1.50 bits per heavy atom. The first-order valence-corrected chi connectivity index (χ1v) is 7.72. The Labute approximate surface area is 135 Å². The van der Waals surface area contributed by atoms with Gasteiger partial charge in [-0.05, 0) is 62.9 Å². The van der Waals surface area contributed by atoms with E-state index in [4.69, 9.17) is 0 Å². The smallest absolute Gasteiger partial charge is 0.251 e. The predicted octanol–water partition coefficient (Wildman–Crippen LogP) is 3.30. The van der Waals surface area contributed by atoms with Crippen LogP contribution in [0.3, 0.4) is 0 Å². The molecule has 1 amide bonds. The third kappa shape index (κ3) is 4.76. The Balaban J connectivity index is 0.00000200. The van der Waals surface area contributed by atoms with Gasteiger partial charge in [-0.1, -0.05) is 22.0 Å². The van der Waals surface area contributed by atoms with Gasteiger partial charge in [-0.25, -0.2) is 0 Å². The fourth-order valence-electron chi connectivity index (χ4n) is 2.51. The van der Waals surface area contributed by atoms with E-state index in [2.05, 4.69) is 26.6 Å². The molecule has 1 aliphatic rings. The molecule has 1 fully saturated rings. The molecule has 112 valence electrons. The van der Waals surface area contributed by atoms with Crippen LogP contribution >= 0.6 is 28.3 Å². The molecule has 5 heteroatoms. The highest BCUT2D eigenvalue weighted by Gasteiger charge is 2.14. The predicted molar refractivity (Wildman–Crippen MR) is 88.7 cm³/mol. The topological polar surface area (TPSA) is 41.1 Å². The lowest BCUT2D eigenvalue weighted by atomic mass is 9.96. The van der Waals surface area contributed by atoms with Crippen molar-refractivity contribution >= 4 is 34.2 Å². The average Bonchev–Trinajstić information content (AvgIpc) is 2.43. The first kappa shape index (κ1) is 17.5. The molecule has 0 bridgehead atoms. The lowest BCUT2D eigenvalue weighted by Crippen LogP contribution is -2.33. The second kappa shape index (κ2) is 8.65. The number of hydrogen-bond donors (Lipinski definition) is 2. The number of amides is 1. The number of halogens is 2. The van der Waals surface area contributed by atoms with E-state index in [0.29, 0.717) is 5.92 Å². The van der Waals surface area contributed by atoms with Crippen molar-refractivity contribution in [1.29, 1.82) is 0 Å². The van der Waals surface area contributed by atoms with Gasteiger partial charge in [0.15, 0.2) is 0 Å². The van der Waals surface area contributed by atoms with Crippen LogP contribution in [0.25, 0.3) is 0 Å². The molecule has 1 atom stereocenters. The van der Waals surface area contributed by atoms with E-state index in [1.165, 1.54) is 12.8 Å². The third-order valence-electron chi connectivity index (χ3n) is 3.75. The maximum atomic E-state index is 12.1. The Morgan fingerprint density at radius 2 is 2.30 bits per heavy atom. The molecule has 0 aliphatic carbocycles. The summed E-state index contributed by atoms with van der Waals surface area (Å²) in [6.07, 6.45) is 3.59. The highest BCUT2D eigenvalue weighted by molar-refractivity contribution is 9.10. The van der Waals surface area contributed by atoms with Gasteiger partial charge in [0.2, 0.25) is 0 Å². The SMILES string of the molecule is Cc1c(Br)cccc1C(=O)NCCC1CCCNC1.Cl. The minimum atomic E-state index is 0. The van der Waals surface area contributed by atoms with Gasteiger partial charge >= 0.3 is 0 Å². The second-order valence-corrected chi connectivity index (χ2v) is 6.02. The normalized spacial score (nSPS) is 18.2. The minimum absolute atomic E-state index is 0. The summed E-state index contributed by atoms with van der Waals surface area (Å²) in [5.74, 6) is 0.736. The Bertz CT molecular complexity index is 447. The molecule has 1 aromatic carbocycles. The van der Waals surface area contributed by atoms with Gasteiger partial charge < -0.3 is 10.6 Å². The Hall–Kier alpha value is -0.580. The van der Waals surface area contributed by atoms with Crippen molar-refractivity contribution in [2.45, 2.75) is 26.2 Å². The largest absolute Gasteiger partial charge is 0.352 e. The van der Waals surface area contributed by atoms with Crippen molar-refractivity contribution in [2.24, 2.45) is 5.92 Å². The summed E-state index contributed by atoms with van der Waals surface area (Å²) >= 11 is 3.46. The Kier molecular flexibility index (Phi) is 7.56. The van der Waals surface area contributed by atoms with Gasteiger partial charge in [-0.2, -0.15) is 0 Å². The van der Waals surface area contributed by atoms with E-state index in [0.717, 1.165) is 41.7 Å². The van der Waals surface area contributed by atoms with Crippen molar-refractivity contribution in [3.05, 3.63) is 33.8 Å². The molecule has 1 aromatic rings. The standard InChI is InChI=1S/C15H21BrN2O.ClH/c1-11-13(5-2-6-14(11)16)15(19)18-9-7-12-4-3-8-17-10-12;/h2,5-6,12,17H,3-4,7-10H2,1H3,(H,18,19);1H. The van der Waals surface area contributed by atoms with Crippen LogP contribution in [0.5, 0.6) is 0 Å². The zero-order valence-corrected chi connectivity index (χ0v) is 14.1.